The first-order valence-corrected chi connectivity index (χ1v) is 9.95. The second-order valence-corrected chi connectivity index (χ2v) is 8.61. The van der Waals surface area contributed by atoms with E-state index in [1.54, 1.807) is 43.6 Å². The van der Waals surface area contributed by atoms with E-state index in [0.29, 0.717) is 22.9 Å². The minimum Gasteiger partial charge on any atom is -0.467 e. The number of aliphatic hydroxyl groups excluding tert-OH is 1. The normalized spacial score (nSPS) is 19.7. The first-order valence-electron chi connectivity index (χ1n) is 9.95. The average molecular weight is 428 g/mol. The lowest BCUT2D eigenvalue weighted by Crippen LogP contribution is -2.54. The zero-order valence-corrected chi connectivity index (χ0v) is 18.5. The molecule has 1 aromatic carbocycles. The summed E-state index contributed by atoms with van der Waals surface area (Å²) >= 11 is 0. The highest BCUT2D eigenvalue weighted by molar-refractivity contribution is 5.86. The number of carbonyl (C=O) groups is 1. The Kier molecular flexibility index (Phi) is 6.24. The van der Waals surface area contributed by atoms with E-state index < -0.39 is 23.5 Å². The minimum absolute atomic E-state index is 0.277. The number of benzene rings is 1. The van der Waals surface area contributed by atoms with Gasteiger partial charge in [0.15, 0.2) is 0 Å². The molecule has 2 atom stereocenters. The summed E-state index contributed by atoms with van der Waals surface area (Å²) in [5, 5.41) is 10.7. The van der Waals surface area contributed by atoms with Crippen molar-refractivity contribution in [3.8, 4) is 11.5 Å². The molecule has 0 spiro atoms. The fourth-order valence-corrected chi connectivity index (χ4v) is 3.42. The predicted octanol–water partition coefficient (Wildman–Crippen LogP) is 3.53. The Morgan fingerprint density at radius 1 is 1.26 bits per heavy atom. The van der Waals surface area contributed by atoms with Crippen molar-refractivity contribution < 1.29 is 24.1 Å². The SMILES string of the molecule is COC(=O)C1(C)CC(c2cc(Oc3cccc(N)c3)ccn2)=CN1C(O)OC(C)(C)C. The van der Waals surface area contributed by atoms with E-state index in [4.69, 9.17) is 19.9 Å². The van der Waals surface area contributed by atoms with Gasteiger partial charge in [0.2, 0.25) is 6.41 Å². The van der Waals surface area contributed by atoms with Gasteiger partial charge in [0, 0.05) is 36.6 Å². The Bertz CT molecular complexity index is 985. The van der Waals surface area contributed by atoms with Gasteiger partial charge >= 0.3 is 5.97 Å². The topological polar surface area (TPSA) is 107 Å². The van der Waals surface area contributed by atoms with Crippen LogP contribution in [-0.2, 0) is 14.3 Å². The van der Waals surface area contributed by atoms with Crippen molar-refractivity contribution in [2.75, 3.05) is 12.8 Å². The molecule has 3 rings (SSSR count). The summed E-state index contributed by atoms with van der Waals surface area (Å²) in [5.41, 5.74) is 6.00. The number of anilines is 1. The fourth-order valence-electron chi connectivity index (χ4n) is 3.42. The molecule has 2 unspecified atom stereocenters. The minimum atomic E-state index is -1.34. The molecular weight excluding hydrogens is 398 g/mol. The zero-order chi connectivity index (χ0) is 22.8. The van der Waals surface area contributed by atoms with Crippen LogP contribution >= 0.6 is 0 Å². The van der Waals surface area contributed by atoms with Crippen molar-refractivity contribution in [1.29, 1.82) is 0 Å². The van der Waals surface area contributed by atoms with Gasteiger partial charge < -0.3 is 30.0 Å². The van der Waals surface area contributed by atoms with Crippen LogP contribution in [-0.4, -0.2) is 45.6 Å². The number of aromatic nitrogens is 1. The molecule has 166 valence electrons. The number of pyridine rings is 1. The number of ether oxygens (including phenoxy) is 3. The second kappa shape index (κ2) is 8.56. The van der Waals surface area contributed by atoms with Crippen LogP contribution in [0.15, 0.2) is 48.8 Å². The summed E-state index contributed by atoms with van der Waals surface area (Å²) in [4.78, 5) is 18.5. The van der Waals surface area contributed by atoms with Crippen LogP contribution in [0.4, 0.5) is 5.69 Å². The molecular formula is C23H29N3O5. The first-order chi connectivity index (χ1) is 14.5. The Morgan fingerprint density at radius 2 is 1.97 bits per heavy atom. The number of esters is 1. The molecule has 31 heavy (non-hydrogen) atoms. The third kappa shape index (κ3) is 5.15. The monoisotopic (exact) mass is 427 g/mol. The van der Waals surface area contributed by atoms with Gasteiger partial charge in [0.05, 0.1) is 18.4 Å². The van der Waals surface area contributed by atoms with Crippen LogP contribution in [0, 0.1) is 0 Å². The molecule has 2 heterocycles. The Balaban J connectivity index is 1.91. The lowest BCUT2D eigenvalue weighted by molar-refractivity contribution is -0.245. The highest BCUT2D eigenvalue weighted by Crippen LogP contribution is 2.40. The summed E-state index contributed by atoms with van der Waals surface area (Å²) in [6.45, 7) is 7.17. The van der Waals surface area contributed by atoms with Crippen molar-refractivity contribution in [3.63, 3.8) is 0 Å². The highest BCUT2D eigenvalue weighted by Gasteiger charge is 2.48. The van der Waals surface area contributed by atoms with Crippen LogP contribution in [0.3, 0.4) is 0 Å². The smallest absolute Gasteiger partial charge is 0.331 e. The van der Waals surface area contributed by atoms with E-state index in [2.05, 4.69) is 4.98 Å². The van der Waals surface area contributed by atoms with Crippen LogP contribution in [0.1, 0.15) is 39.8 Å². The van der Waals surface area contributed by atoms with Crippen molar-refractivity contribution in [2.24, 2.45) is 0 Å². The lowest BCUT2D eigenvalue weighted by atomic mass is 9.94. The fraction of sp³-hybridized carbons (Fsp3) is 0.391. The number of methoxy groups -OCH3 is 1. The third-order valence-electron chi connectivity index (χ3n) is 4.88. The molecule has 0 saturated carbocycles. The summed E-state index contributed by atoms with van der Waals surface area (Å²) in [6.07, 6.45) is 2.24. The molecule has 0 aliphatic carbocycles. The van der Waals surface area contributed by atoms with E-state index in [1.165, 1.54) is 12.0 Å². The molecule has 8 heteroatoms. The molecule has 0 saturated heterocycles. The summed E-state index contributed by atoms with van der Waals surface area (Å²) in [5.74, 6) is 0.691. The van der Waals surface area contributed by atoms with E-state index >= 15 is 0 Å². The van der Waals surface area contributed by atoms with Gasteiger partial charge in [-0.05, 0) is 51.5 Å². The van der Waals surface area contributed by atoms with E-state index in [0.717, 1.165) is 5.57 Å². The average Bonchev–Trinajstić information content (AvgIpc) is 3.05. The number of nitrogens with two attached hydrogens (primary N) is 1. The number of nitrogens with zero attached hydrogens (tertiary/aromatic N) is 2. The van der Waals surface area contributed by atoms with E-state index in [-0.39, 0.29) is 6.42 Å². The number of hydrogen-bond acceptors (Lipinski definition) is 8. The van der Waals surface area contributed by atoms with Crippen LogP contribution < -0.4 is 10.5 Å². The molecule has 0 amide bonds. The predicted molar refractivity (Wildman–Crippen MR) is 117 cm³/mol. The van der Waals surface area contributed by atoms with Gasteiger partial charge in [-0.2, -0.15) is 0 Å². The first kappa shape index (κ1) is 22.6. The van der Waals surface area contributed by atoms with Gasteiger partial charge in [-0.3, -0.25) is 4.98 Å². The molecule has 1 aliphatic heterocycles. The molecule has 0 bridgehead atoms. The van der Waals surface area contributed by atoms with E-state index in [9.17, 15) is 9.90 Å². The Morgan fingerprint density at radius 3 is 2.61 bits per heavy atom. The molecule has 1 aliphatic rings. The van der Waals surface area contributed by atoms with Crippen LogP contribution in [0.25, 0.3) is 5.57 Å². The second-order valence-electron chi connectivity index (χ2n) is 8.61. The number of nitrogen functional groups attached to an aromatic ring is 1. The molecule has 0 radical (unpaired) electrons. The molecule has 3 N–H and O–H groups in total. The lowest BCUT2D eigenvalue weighted by Gasteiger charge is -2.38. The van der Waals surface area contributed by atoms with Gasteiger partial charge in [0.25, 0.3) is 0 Å². The largest absolute Gasteiger partial charge is 0.467 e. The summed E-state index contributed by atoms with van der Waals surface area (Å²) in [7, 11) is 1.32. The number of carbonyl (C=O) groups excluding carboxylic acids is 1. The molecule has 2 aromatic rings. The summed E-state index contributed by atoms with van der Waals surface area (Å²) < 4.78 is 16.6. The van der Waals surface area contributed by atoms with Gasteiger partial charge in [0.1, 0.15) is 17.0 Å². The van der Waals surface area contributed by atoms with Gasteiger partial charge in [-0.25, -0.2) is 4.79 Å². The Hall–Kier alpha value is -3.10. The van der Waals surface area contributed by atoms with Crippen molar-refractivity contribution in [2.45, 2.75) is 51.7 Å². The number of rotatable bonds is 6. The van der Waals surface area contributed by atoms with Crippen molar-refractivity contribution in [1.82, 2.24) is 9.88 Å². The summed E-state index contributed by atoms with van der Waals surface area (Å²) in [6, 6.07) is 10.6. The molecule has 1 aromatic heterocycles. The maximum Gasteiger partial charge on any atom is 0.331 e. The molecule has 0 fully saturated rings. The van der Waals surface area contributed by atoms with Crippen LogP contribution in [0.2, 0.25) is 0 Å². The number of hydrogen-bond donors (Lipinski definition) is 2. The number of aliphatic hydroxyl groups is 1. The van der Waals surface area contributed by atoms with Crippen molar-refractivity contribution >= 4 is 17.2 Å². The third-order valence-corrected chi connectivity index (χ3v) is 4.88. The molecule has 8 nitrogen and oxygen atoms in total. The quantitative estimate of drug-likeness (QED) is 0.410. The van der Waals surface area contributed by atoms with Crippen molar-refractivity contribution in [3.05, 3.63) is 54.5 Å². The van der Waals surface area contributed by atoms with E-state index in [1.807, 2.05) is 32.9 Å². The zero-order valence-electron chi connectivity index (χ0n) is 18.5. The van der Waals surface area contributed by atoms with Gasteiger partial charge in [-0.1, -0.05) is 6.07 Å². The Labute approximate surface area is 182 Å². The standard InChI is InChI=1S/C23H29N3O5/c1-22(2,3)31-21(28)26-14-15(13-23(26,4)20(27)29-5)19-12-18(9-10-25-19)30-17-8-6-7-16(24)11-17/h6-12,14,21,28H,13,24H2,1-5H3. The maximum atomic E-state index is 12.6. The maximum absolute atomic E-state index is 12.6. The van der Waals surface area contributed by atoms with Gasteiger partial charge in [-0.15, -0.1) is 0 Å². The van der Waals surface area contributed by atoms with Crippen LogP contribution in [0.5, 0.6) is 11.5 Å². The highest BCUT2D eigenvalue weighted by atomic mass is 16.6.